The van der Waals surface area contributed by atoms with E-state index in [0.717, 1.165) is 16.5 Å². The molecule has 0 saturated carbocycles. The number of rotatable bonds is 3. The van der Waals surface area contributed by atoms with Gasteiger partial charge < -0.3 is 9.88 Å². The average molecular weight is 384 g/mol. The largest absolute Gasteiger partial charge is 0.350 e. The van der Waals surface area contributed by atoms with Gasteiger partial charge in [-0.1, -0.05) is 18.2 Å². The van der Waals surface area contributed by atoms with Crippen LogP contribution in [0.15, 0.2) is 48.7 Å². The molecular formula is C19H20N4O3S. The van der Waals surface area contributed by atoms with E-state index in [1.807, 2.05) is 42.1 Å². The van der Waals surface area contributed by atoms with Crippen molar-refractivity contribution in [2.24, 2.45) is 7.05 Å². The van der Waals surface area contributed by atoms with Gasteiger partial charge in [0.1, 0.15) is 0 Å². The highest BCUT2D eigenvalue weighted by Crippen LogP contribution is 2.40. The number of carbonyl (C=O) groups is 1. The van der Waals surface area contributed by atoms with E-state index in [2.05, 4.69) is 5.32 Å². The summed E-state index contributed by atoms with van der Waals surface area (Å²) in [6.07, 6.45) is 2.20. The first-order valence-corrected chi connectivity index (χ1v) is 9.88. The quantitative estimate of drug-likeness (QED) is 0.754. The maximum Gasteiger partial charge on any atom is 0.326 e. The minimum Gasteiger partial charge on any atom is -0.350 e. The van der Waals surface area contributed by atoms with Gasteiger partial charge in [-0.2, -0.15) is 8.42 Å². The predicted octanol–water partition coefficient (Wildman–Crippen LogP) is 2.49. The fourth-order valence-corrected chi connectivity index (χ4v) is 4.66. The molecule has 1 N–H and O–H groups in total. The Hall–Kier alpha value is -3.00. The molecule has 0 atom stereocenters. The van der Waals surface area contributed by atoms with Crippen LogP contribution in [0, 0.1) is 0 Å². The second-order valence-corrected chi connectivity index (χ2v) is 8.64. The Morgan fingerprint density at radius 2 is 1.70 bits per heavy atom. The molecule has 0 aliphatic carbocycles. The summed E-state index contributed by atoms with van der Waals surface area (Å²) in [5.41, 5.74) is 3.72. The van der Waals surface area contributed by atoms with E-state index < -0.39 is 10.2 Å². The lowest BCUT2D eigenvalue weighted by Crippen LogP contribution is -2.32. The predicted molar refractivity (Wildman–Crippen MR) is 107 cm³/mol. The van der Waals surface area contributed by atoms with Gasteiger partial charge in [0.2, 0.25) is 5.91 Å². The Bertz CT molecular complexity index is 1170. The van der Waals surface area contributed by atoms with Gasteiger partial charge in [0.05, 0.1) is 17.8 Å². The number of nitrogens with one attached hydrogen (secondary N) is 1. The lowest BCUT2D eigenvalue weighted by molar-refractivity contribution is -0.115. The van der Waals surface area contributed by atoms with E-state index in [1.165, 1.54) is 22.7 Å². The maximum absolute atomic E-state index is 12.5. The number of nitrogens with zero attached hydrogens (tertiary/aromatic N) is 3. The van der Waals surface area contributed by atoms with E-state index >= 15 is 0 Å². The highest BCUT2D eigenvalue weighted by molar-refractivity contribution is 7.94. The van der Waals surface area contributed by atoms with Crippen LogP contribution in [0.4, 0.5) is 17.1 Å². The Balaban J connectivity index is 1.57. The lowest BCUT2D eigenvalue weighted by atomic mass is 10.1. The van der Waals surface area contributed by atoms with Gasteiger partial charge >= 0.3 is 10.2 Å². The van der Waals surface area contributed by atoms with Crippen LogP contribution in [0.1, 0.15) is 5.56 Å². The van der Waals surface area contributed by atoms with Crippen molar-refractivity contribution in [2.75, 3.05) is 28.0 Å². The summed E-state index contributed by atoms with van der Waals surface area (Å²) >= 11 is 0. The van der Waals surface area contributed by atoms with Crippen LogP contribution < -0.4 is 13.9 Å². The van der Waals surface area contributed by atoms with Gasteiger partial charge in [0.15, 0.2) is 0 Å². The summed E-state index contributed by atoms with van der Waals surface area (Å²) in [6, 6.07) is 13.0. The van der Waals surface area contributed by atoms with E-state index in [1.54, 1.807) is 18.2 Å². The van der Waals surface area contributed by atoms with Crippen LogP contribution in [-0.2, 0) is 28.5 Å². The minimum absolute atomic E-state index is 0.150. The normalized spacial score (nSPS) is 15.2. The highest BCUT2D eigenvalue weighted by Gasteiger charge is 2.35. The highest BCUT2D eigenvalue weighted by atomic mass is 32.2. The molecule has 0 saturated heterocycles. The molecule has 0 unspecified atom stereocenters. The van der Waals surface area contributed by atoms with E-state index in [-0.39, 0.29) is 12.3 Å². The molecule has 1 aromatic heterocycles. The van der Waals surface area contributed by atoms with Crippen molar-refractivity contribution in [2.45, 2.75) is 6.42 Å². The fraction of sp³-hybridized carbons (Fsp3) is 0.211. The number of hydrogen-bond acceptors (Lipinski definition) is 3. The van der Waals surface area contributed by atoms with Crippen molar-refractivity contribution in [3.8, 4) is 0 Å². The summed E-state index contributed by atoms with van der Waals surface area (Å²) < 4.78 is 28.9. The molecule has 8 heteroatoms. The molecule has 1 aliphatic rings. The monoisotopic (exact) mass is 384 g/mol. The first-order valence-electron chi connectivity index (χ1n) is 8.48. The molecule has 0 radical (unpaired) electrons. The Labute approximate surface area is 158 Å². The average Bonchev–Trinajstić information content (AvgIpc) is 3.03. The molecule has 2 aromatic carbocycles. The van der Waals surface area contributed by atoms with Crippen LogP contribution in [0.5, 0.6) is 0 Å². The van der Waals surface area contributed by atoms with Gasteiger partial charge in [-0.05, 0) is 29.8 Å². The molecular weight excluding hydrogens is 364 g/mol. The van der Waals surface area contributed by atoms with E-state index in [0.29, 0.717) is 17.1 Å². The summed E-state index contributed by atoms with van der Waals surface area (Å²) in [5, 5.41) is 3.92. The smallest absolute Gasteiger partial charge is 0.326 e. The molecule has 4 rings (SSSR count). The molecule has 1 aliphatic heterocycles. The summed E-state index contributed by atoms with van der Waals surface area (Å²) in [4.78, 5) is 12.5. The van der Waals surface area contributed by atoms with Gasteiger partial charge in [0, 0.05) is 43.9 Å². The number of benzene rings is 2. The SMILES string of the molecule is CN1c2ccc(NC(=O)Cc3cn(C)c4ccccc34)cc2N(C)S1(=O)=O. The van der Waals surface area contributed by atoms with Crippen LogP contribution in [0.2, 0.25) is 0 Å². The zero-order chi connectivity index (χ0) is 19.3. The Morgan fingerprint density at radius 3 is 2.48 bits per heavy atom. The standard InChI is InChI=1S/C19H20N4O3S/c1-21-12-13(15-6-4-5-7-16(15)21)10-19(24)20-14-8-9-17-18(11-14)23(3)27(25,26)22(17)2/h4-9,11-12H,10H2,1-3H3,(H,20,24). The Morgan fingerprint density at radius 1 is 1.00 bits per heavy atom. The number of aryl methyl sites for hydroxylation is 1. The third kappa shape index (κ3) is 2.73. The number of anilines is 3. The van der Waals surface area contributed by atoms with E-state index in [4.69, 9.17) is 0 Å². The summed E-state index contributed by atoms with van der Waals surface area (Å²) in [6.45, 7) is 0. The molecule has 0 fully saturated rings. The number of hydrogen-bond donors (Lipinski definition) is 1. The van der Waals surface area contributed by atoms with Crippen molar-refractivity contribution >= 4 is 44.1 Å². The molecule has 1 amide bonds. The third-order valence-corrected chi connectivity index (χ3v) is 6.74. The summed E-state index contributed by atoms with van der Waals surface area (Å²) in [7, 11) is 1.44. The van der Waals surface area contributed by atoms with Crippen molar-refractivity contribution in [3.05, 3.63) is 54.2 Å². The zero-order valence-electron chi connectivity index (χ0n) is 15.3. The molecule has 7 nitrogen and oxygen atoms in total. The molecule has 0 bridgehead atoms. The van der Waals surface area contributed by atoms with Crippen molar-refractivity contribution < 1.29 is 13.2 Å². The van der Waals surface area contributed by atoms with Crippen LogP contribution in [0.25, 0.3) is 10.9 Å². The van der Waals surface area contributed by atoms with Crippen molar-refractivity contribution in [3.63, 3.8) is 0 Å². The van der Waals surface area contributed by atoms with Gasteiger partial charge in [0.25, 0.3) is 0 Å². The molecule has 140 valence electrons. The van der Waals surface area contributed by atoms with Crippen LogP contribution in [-0.4, -0.2) is 33.0 Å². The van der Waals surface area contributed by atoms with Gasteiger partial charge in [-0.25, -0.2) is 0 Å². The minimum atomic E-state index is -3.53. The van der Waals surface area contributed by atoms with Crippen molar-refractivity contribution in [1.29, 1.82) is 0 Å². The van der Waals surface area contributed by atoms with Crippen LogP contribution in [0.3, 0.4) is 0 Å². The molecule has 3 aromatic rings. The first-order chi connectivity index (χ1) is 12.8. The third-order valence-electron chi connectivity index (χ3n) is 4.96. The number of aromatic nitrogens is 1. The zero-order valence-corrected chi connectivity index (χ0v) is 16.1. The fourth-order valence-electron chi connectivity index (χ4n) is 3.50. The number of para-hydroxylation sites is 1. The van der Waals surface area contributed by atoms with Gasteiger partial charge in [-0.3, -0.25) is 13.4 Å². The lowest BCUT2D eigenvalue weighted by Gasteiger charge is -2.13. The Kier molecular flexibility index (Phi) is 3.88. The maximum atomic E-state index is 12.5. The molecule has 0 spiro atoms. The van der Waals surface area contributed by atoms with Gasteiger partial charge in [-0.15, -0.1) is 0 Å². The van der Waals surface area contributed by atoms with E-state index in [9.17, 15) is 13.2 Å². The van der Waals surface area contributed by atoms with Crippen molar-refractivity contribution in [1.82, 2.24) is 4.57 Å². The van der Waals surface area contributed by atoms with Crippen LogP contribution >= 0.6 is 0 Å². The number of amides is 1. The topological polar surface area (TPSA) is 74.7 Å². The summed E-state index contributed by atoms with van der Waals surface area (Å²) in [5.74, 6) is -0.150. The number of carbonyl (C=O) groups excluding carboxylic acids is 1. The molecule has 2 heterocycles. The second kappa shape index (κ2) is 6.02. The number of fused-ring (bicyclic) bond motifs is 2. The first kappa shape index (κ1) is 17.4. The second-order valence-electron chi connectivity index (χ2n) is 6.65. The molecule has 27 heavy (non-hydrogen) atoms.